The van der Waals surface area contributed by atoms with Crippen molar-refractivity contribution >= 4 is 7.75 Å². The van der Waals surface area contributed by atoms with Crippen molar-refractivity contribution in [3.05, 3.63) is 0 Å². The number of halogens is 1. The Kier molecular flexibility index (Phi) is 2.96. The third-order valence-corrected chi connectivity index (χ3v) is 6.70. The van der Waals surface area contributed by atoms with Gasteiger partial charge >= 0.3 is 7.75 Å². The summed E-state index contributed by atoms with van der Waals surface area (Å²) in [7, 11) is -4.21. The van der Waals surface area contributed by atoms with E-state index in [1.165, 1.54) is 0 Å². The van der Waals surface area contributed by atoms with Gasteiger partial charge in [0.2, 0.25) is 0 Å². The van der Waals surface area contributed by atoms with Gasteiger partial charge in [-0.2, -0.15) is 0 Å². The first-order valence-electron chi connectivity index (χ1n) is 6.23. The Morgan fingerprint density at radius 2 is 1.65 bits per heavy atom. The van der Waals surface area contributed by atoms with Crippen LogP contribution in [0.5, 0.6) is 0 Å². The fourth-order valence-electron chi connectivity index (χ4n) is 3.61. The third-order valence-electron chi connectivity index (χ3n) is 5.05. The van der Waals surface area contributed by atoms with E-state index in [0.29, 0.717) is 12.8 Å². The summed E-state index contributed by atoms with van der Waals surface area (Å²) in [5.41, 5.74) is -0.613. The van der Waals surface area contributed by atoms with Crippen molar-refractivity contribution < 1.29 is 27.8 Å². The van der Waals surface area contributed by atoms with Crippen molar-refractivity contribution in [2.75, 3.05) is 32.7 Å². The Labute approximate surface area is 101 Å². The summed E-state index contributed by atoms with van der Waals surface area (Å²) in [6.45, 7) is 5.06. The summed E-state index contributed by atoms with van der Waals surface area (Å²) < 4.78 is 25.9. The molecule has 3 rings (SSSR count). The molecule has 3 fully saturated rings. The van der Waals surface area contributed by atoms with E-state index in [4.69, 9.17) is 0 Å². The Hall–Kier alpha value is -0.0000000000000000278. The molecule has 0 aromatic carbocycles. The first-order valence-corrected chi connectivity index (χ1v) is 7.80. The summed E-state index contributed by atoms with van der Waals surface area (Å²) in [6, 6.07) is 0. The quantitative estimate of drug-likeness (QED) is 0.597. The van der Waals surface area contributed by atoms with Gasteiger partial charge in [-0.25, -0.2) is 8.82 Å². The molecule has 3 aliphatic rings. The van der Waals surface area contributed by atoms with Gasteiger partial charge in [0.15, 0.2) is 18.6 Å². The van der Waals surface area contributed by atoms with Gasteiger partial charge in [-0.3, -0.25) is 9.79 Å². The number of piperazine rings is 3. The first-order chi connectivity index (χ1) is 7.74. The molecule has 0 spiro atoms. The predicted octanol–water partition coefficient (Wildman–Crippen LogP) is 1.18. The zero-order valence-electron chi connectivity index (χ0n) is 10.5. The van der Waals surface area contributed by atoms with Crippen LogP contribution in [0.2, 0.25) is 0 Å². The summed E-state index contributed by atoms with van der Waals surface area (Å²) in [4.78, 5) is 19.2. The average Bonchev–Trinajstić information content (AvgIpc) is 2.28. The van der Waals surface area contributed by atoms with E-state index >= 15 is 0 Å². The van der Waals surface area contributed by atoms with Crippen LogP contribution >= 0.6 is 7.75 Å². The topological polar surface area (TPSA) is 57.5 Å². The van der Waals surface area contributed by atoms with Gasteiger partial charge in [0.1, 0.15) is 19.6 Å². The Morgan fingerprint density at radius 3 is 2.00 bits per heavy atom. The van der Waals surface area contributed by atoms with Crippen LogP contribution in [-0.4, -0.2) is 57.0 Å². The maximum Gasteiger partial charge on any atom is 0.527 e. The monoisotopic (exact) mass is 268 g/mol. The average molecular weight is 268 g/mol. The molecule has 3 aliphatic heterocycles. The second-order valence-corrected chi connectivity index (χ2v) is 7.33. The molecule has 3 saturated heterocycles. The smallest absolute Gasteiger partial charge is 0.279 e. The zero-order chi connectivity index (χ0) is 12.9. The normalized spacial score (nSPS) is 40.5. The molecule has 0 aliphatic carbocycles. The van der Waals surface area contributed by atoms with E-state index < -0.39 is 18.0 Å². The molecule has 7 heteroatoms. The molecule has 0 atom stereocenters. The van der Waals surface area contributed by atoms with Crippen molar-refractivity contribution in [3.8, 4) is 0 Å². The summed E-state index contributed by atoms with van der Waals surface area (Å²) >= 11 is 0. The zero-order valence-corrected chi connectivity index (χ0v) is 11.4. The molecule has 2 N–H and O–H groups in total. The van der Waals surface area contributed by atoms with Crippen molar-refractivity contribution in [1.82, 2.24) is 0 Å². The lowest BCUT2D eigenvalue weighted by Crippen LogP contribution is -2.80. The molecule has 5 nitrogen and oxygen atoms in total. The second-order valence-electron chi connectivity index (χ2n) is 5.46. The number of hydrogen-bond donors (Lipinski definition) is 2. The van der Waals surface area contributed by atoms with Crippen molar-refractivity contribution in [3.63, 3.8) is 0 Å². The van der Waals surface area contributed by atoms with Gasteiger partial charge < -0.3 is 0 Å². The number of quaternary nitrogens is 2. The minimum atomic E-state index is -4.21. The van der Waals surface area contributed by atoms with Crippen LogP contribution in [0.25, 0.3) is 0 Å². The second kappa shape index (κ2) is 3.75. The van der Waals surface area contributed by atoms with E-state index in [2.05, 4.69) is 0 Å². The van der Waals surface area contributed by atoms with Gasteiger partial charge in [0, 0.05) is 12.8 Å². The lowest BCUT2D eigenvalue weighted by molar-refractivity contribution is -1.16. The predicted molar refractivity (Wildman–Crippen MR) is 61.3 cm³/mol. The number of fused-ring (bicyclic) bond motifs is 3. The van der Waals surface area contributed by atoms with Gasteiger partial charge in [-0.15, -0.1) is 4.71 Å². The van der Waals surface area contributed by atoms with E-state index in [1.807, 2.05) is 13.8 Å². The lowest BCUT2D eigenvalue weighted by atomic mass is 9.85. The van der Waals surface area contributed by atoms with Crippen molar-refractivity contribution in [2.24, 2.45) is 0 Å². The molecule has 100 valence electrons. The third kappa shape index (κ3) is 1.62. The molecule has 2 bridgehead atoms. The van der Waals surface area contributed by atoms with Gasteiger partial charge in [0.25, 0.3) is 0 Å². The maximum absolute atomic E-state index is 14.9. The Balaban J connectivity index is 2.44. The highest BCUT2D eigenvalue weighted by Gasteiger charge is 2.69. The molecule has 0 amide bonds. The number of hydrogen-bond acceptors (Lipinski definition) is 1. The summed E-state index contributed by atoms with van der Waals surface area (Å²) in [5.74, 6) is 0. The van der Waals surface area contributed by atoms with E-state index in [-0.39, 0.29) is 37.0 Å². The molecule has 0 radical (unpaired) electrons. The standard InChI is InChI=1S/C10H20FN2O3P/c1-3-10(4-2)9-12(17(14,15)16)5-7-13(10,11)8-6-12/h3-9H2,1-2H3/p+2. The summed E-state index contributed by atoms with van der Waals surface area (Å²) in [5, 5.41) is 0. The summed E-state index contributed by atoms with van der Waals surface area (Å²) in [6.07, 6.45) is 1.25. The van der Waals surface area contributed by atoms with Crippen LogP contribution in [0.3, 0.4) is 0 Å². The van der Waals surface area contributed by atoms with Crippen LogP contribution in [0.4, 0.5) is 4.48 Å². The van der Waals surface area contributed by atoms with Crippen LogP contribution < -0.4 is 0 Å². The molecule has 0 unspecified atom stereocenters. The van der Waals surface area contributed by atoms with E-state index in [0.717, 1.165) is 0 Å². The van der Waals surface area contributed by atoms with Crippen LogP contribution in [0.15, 0.2) is 0 Å². The minimum absolute atomic E-state index is 0.210. The molecular weight excluding hydrogens is 246 g/mol. The Morgan fingerprint density at radius 1 is 1.18 bits per heavy atom. The van der Waals surface area contributed by atoms with E-state index in [9.17, 15) is 18.8 Å². The number of rotatable bonds is 3. The molecule has 0 aromatic rings. The van der Waals surface area contributed by atoms with Crippen molar-refractivity contribution in [1.29, 1.82) is 0 Å². The van der Waals surface area contributed by atoms with Crippen LogP contribution in [0.1, 0.15) is 26.7 Å². The van der Waals surface area contributed by atoms with Crippen LogP contribution in [0, 0.1) is 0 Å². The van der Waals surface area contributed by atoms with Gasteiger partial charge in [0.05, 0.1) is 0 Å². The molecular formula is C10H22FN2O3P+2. The van der Waals surface area contributed by atoms with Crippen LogP contribution in [-0.2, 0) is 4.57 Å². The SMILES string of the molecule is CCC1(CC)C[N+]2(P(=O)(O)O)CC[N+]1(F)CC2. The molecule has 17 heavy (non-hydrogen) atoms. The maximum atomic E-state index is 14.9. The number of nitrogens with zero attached hydrogens (tertiary/aromatic N) is 2. The van der Waals surface area contributed by atoms with Gasteiger partial charge in [-0.1, -0.05) is 13.8 Å². The minimum Gasteiger partial charge on any atom is -0.279 e. The lowest BCUT2D eigenvalue weighted by Gasteiger charge is -2.58. The van der Waals surface area contributed by atoms with Gasteiger partial charge in [-0.05, 0) is 4.48 Å². The first kappa shape index (κ1) is 13.4. The fraction of sp³-hybridized carbons (Fsp3) is 1.00. The molecule has 0 saturated carbocycles. The van der Waals surface area contributed by atoms with Crippen molar-refractivity contribution in [2.45, 2.75) is 32.2 Å². The Bertz CT molecular complexity index is 359. The highest BCUT2D eigenvalue weighted by molar-refractivity contribution is 7.45. The largest absolute Gasteiger partial charge is 0.527 e. The molecule has 3 heterocycles. The van der Waals surface area contributed by atoms with E-state index in [1.54, 1.807) is 0 Å². The fourth-order valence-corrected chi connectivity index (χ4v) is 4.76. The highest BCUT2D eigenvalue weighted by Crippen LogP contribution is 2.57. The highest BCUT2D eigenvalue weighted by atomic mass is 31.2. The molecule has 0 aromatic heterocycles.